The van der Waals surface area contributed by atoms with E-state index in [0.717, 1.165) is 42.3 Å². The van der Waals surface area contributed by atoms with Gasteiger partial charge in [0, 0.05) is 24.7 Å². The maximum Gasteiger partial charge on any atom is 0.416 e. The van der Waals surface area contributed by atoms with Gasteiger partial charge in [-0.25, -0.2) is 4.39 Å². The van der Waals surface area contributed by atoms with E-state index in [-0.39, 0.29) is 35.9 Å². The lowest BCUT2D eigenvalue weighted by Gasteiger charge is -2.41. The highest BCUT2D eigenvalue weighted by molar-refractivity contribution is 5.83. The SMILES string of the molecule is CC(C)(C)C(=O)OCn1ccc2ccc(CN3CCC(CC4CC4)(C(=O)NCc4cc(CF)cc(C(F)(F)F)c4)CC3)cc2c1=O. The van der Waals surface area contributed by atoms with Crippen molar-refractivity contribution in [3.05, 3.63) is 81.3 Å². The van der Waals surface area contributed by atoms with Gasteiger partial charge in [0.2, 0.25) is 5.91 Å². The molecule has 0 unspecified atom stereocenters. The monoisotopic (exact) mass is 643 g/mol. The first kappa shape index (κ1) is 33.6. The average Bonchev–Trinajstić information content (AvgIpc) is 3.83. The van der Waals surface area contributed by atoms with Gasteiger partial charge < -0.3 is 10.1 Å². The lowest BCUT2D eigenvalue weighted by atomic mass is 9.73. The van der Waals surface area contributed by atoms with Gasteiger partial charge in [0.15, 0.2) is 6.73 Å². The van der Waals surface area contributed by atoms with Gasteiger partial charge in [0.05, 0.1) is 16.4 Å². The lowest BCUT2D eigenvalue weighted by Crippen LogP contribution is -2.48. The summed E-state index contributed by atoms with van der Waals surface area (Å²) in [6, 6.07) is 10.7. The number of amides is 1. The molecule has 5 rings (SSSR count). The van der Waals surface area contributed by atoms with Crippen LogP contribution >= 0.6 is 0 Å². The van der Waals surface area contributed by atoms with Crippen LogP contribution in [0.5, 0.6) is 0 Å². The smallest absolute Gasteiger partial charge is 0.416 e. The van der Waals surface area contributed by atoms with Crippen molar-refractivity contribution in [2.24, 2.45) is 16.7 Å². The largest absolute Gasteiger partial charge is 0.443 e. The van der Waals surface area contributed by atoms with Crippen LogP contribution in [0.3, 0.4) is 0 Å². The van der Waals surface area contributed by atoms with Crippen LogP contribution in [0.2, 0.25) is 0 Å². The van der Waals surface area contributed by atoms with Crippen LogP contribution in [0, 0.1) is 16.7 Å². The zero-order chi connectivity index (χ0) is 33.3. The number of benzene rings is 2. The number of carbonyl (C=O) groups excluding carboxylic acids is 2. The number of hydrogen-bond donors (Lipinski definition) is 1. The van der Waals surface area contributed by atoms with Gasteiger partial charge in [-0.2, -0.15) is 13.2 Å². The van der Waals surface area contributed by atoms with Crippen molar-refractivity contribution in [1.29, 1.82) is 0 Å². The number of pyridine rings is 1. The topological polar surface area (TPSA) is 80.6 Å². The molecule has 0 spiro atoms. The highest BCUT2D eigenvalue weighted by atomic mass is 19.4. The summed E-state index contributed by atoms with van der Waals surface area (Å²) in [4.78, 5) is 41.3. The molecule has 1 aliphatic carbocycles. The number of hydrogen-bond acceptors (Lipinski definition) is 5. The van der Waals surface area contributed by atoms with E-state index < -0.39 is 35.2 Å². The fraction of sp³-hybridized carbons (Fsp3) is 0.514. The van der Waals surface area contributed by atoms with Gasteiger partial charge in [-0.05, 0) is 105 Å². The van der Waals surface area contributed by atoms with Gasteiger partial charge in [0.25, 0.3) is 5.56 Å². The summed E-state index contributed by atoms with van der Waals surface area (Å²) in [5.74, 6) is -0.0996. The van der Waals surface area contributed by atoms with Gasteiger partial charge >= 0.3 is 12.1 Å². The van der Waals surface area contributed by atoms with E-state index in [0.29, 0.717) is 43.8 Å². The number of rotatable bonds is 10. The predicted octanol–water partition coefficient (Wildman–Crippen LogP) is 6.74. The Bertz CT molecular complexity index is 1650. The van der Waals surface area contributed by atoms with Crippen molar-refractivity contribution in [1.82, 2.24) is 14.8 Å². The first-order valence-corrected chi connectivity index (χ1v) is 15.7. The van der Waals surface area contributed by atoms with Crippen LogP contribution in [-0.2, 0) is 47.0 Å². The zero-order valence-electron chi connectivity index (χ0n) is 26.5. The molecular weight excluding hydrogens is 602 g/mol. The van der Waals surface area contributed by atoms with E-state index in [2.05, 4.69) is 10.2 Å². The number of carbonyl (C=O) groups is 2. The highest BCUT2D eigenvalue weighted by Crippen LogP contribution is 2.46. The number of alkyl halides is 4. The number of ether oxygens (including phenoxy) is 1. The Hall–Kier alpha value is -3.73. The molecule has 2 fully saturated rings. The minimum Gasteiger partial charge on any atom is -0.443 e. The number of nitrogens with one attached hydrogen (secondary N) is 1. The second-order valence-electron chi connectivity index (χ2n) is 13.9. The molecule has 2 heterocycles. The third kappa shape index (κ3) is 7.97. The third-order valence-electron chi connectivity index (χ3n) is 9.05. The lowest BCUT2D eigenvalue weighted by molar-refractivity contribution is -0.157. The first-order valence-electron chi connectivity index (χ1n) is 15.7. The molecule has 0 atom stereocenters. The molecule has 1 amide bonds. The van der Waals surface area contributed by atoms with Crippen molar-refractivity contribution >= 4 is 22.6 Å². The van der Waals surface area contributed by atoms with Crippen molar-refractivity contribution in [3.8, 4) is 0 Å². The summed E-state index contributed by atoms with van der Waals surface area (Å²) in [6.07, 6.45) is 1.09. The van der Waals surface area contributed by atoms with Crippen molar-refractivity contribution in [2.45, 2.75) is 85.5 Å². The molecule has 0 bridgehead atoms. The summed E-state index contributed by atoms with van der Waals surface area (Å²) in [7, 11) is 0. The molecule has 1 aromatic heterocycles. The van der Waals surface area contributed by atoms with Crippen molar-refractivity contribution in [3.63, 3.8) is 0 Å². The Balaban J connectivity index is 1.24. The second kappa shape index (κ2) is 13.2. The van der Waals surface area contributed by atoms with E-state index in [1.807, 2.05) is 24.3 Å². The van der Waals surface area contributed by atoms with Gasteiger partial charge in [0.1, 0.15) is 6.67 Å². The van der Waals surface area contributed by atoms with Gasteiger partial charge in [-0.3, -0.25) is 23.9 Å². The van der Waals surface area contributed by atoms with Crippen LogP contribution in [0.15, 0.2) is 53.5 Å². The van der Waals surface area contributed by atoms with E-state index in [1.165, 1.54) is 10.6 Å². The molecule has 11 heteroatoms. The maximum absolute atomic E-state index is 13.6. The third-order valence-corrected chi connectivity index (χ3v) is 9.05. The molecule has 1 aliphatic heterocycles. The Morgan fingerprint density at radius 2 is 1.67 bits per heavy atom. The first-order chi connectivity index (χ1) is 21.7. The Labute approximate surface area is 265 Å². The maximum atomic E-state index is 13.6. The van der Waals surface area contributed by atoms with Crippen molar-refractivity contribution < 1.29 is 31.9 Å². The quantitative estimate of drug-likeness (QED) is 0.196. The summed E-state index contributed by atoms with van der Waals surface area (Å²) in [6.45, 7) is 5.84. The molecule has 1 N–H and O–H groups in total. The van der Waals surface area contributed by atoms with Crippen LogP contribution < -0.4 is 10.9 Å². The van der Waals surface area contributed by atoms with E-state index in [1.54, 1.807) is 27.0 Å². The number of piperidine rings is 1. The van der Waals surface area contributed by atoms with Crippen LogP contribution in [-0.4, -0.2) is 34.4 Å². The standard InChI is InChI=1S/C35H41F4N3O4/c1-33(2,3)32(45)46-22-42-11-8-27-7-6-24(17-29(27)30(42)43)21-41-12-9-34(10-13-41,18-23-4-5-23)31(44)40-20-26-14-25(19-36)15-28(16-26)35(37,38)39/h6-8,11,14-17,23H,4-5,9-10,12-13,18-22H2,1-3H3,(H,40,44). The van der Waals surface area contributed by atoms with E-state index >= 15 is 0 Å². The molecule has 248 valence electrons. The number of aromatic nitrogens is 1. The van der Waals surface area contributed by atoms with Crippen LogP contribution in [0.25, 0.3) is 10.8 Å². The minimum absolute atomic E-state index is 0.0725. The van der Waals surface area contributed by atoms with Crippen molar-refractivity contribution in [2.75, 3.05) is 13.1 Å². The second-order valence-corrected chi connectivity index (χ2v) is 13.9. The fourth-order valence-corrected chi connectivity index (χ4v) is 6.14. The van der Waals surface area contributed by atoms with Crippen LogP contribution in [0.1, 0.15) is 75.1 Å². The molecule has 3 aromatic rings. The molecule has 1 saturated carbocycles. The normalized spacial score (nSPS) is 17.2. The number of nitrogens with zero attached hydrogens (tertiary/aromatic N) is 2. The highest BCUT2D eigenvalue weighted by Gasteiger charge is 2.45. The molecule has 1 saturated heterocycles. The predicted molar refractivity (Wildman–Crippen MR) is 166 cm³/mol. The zero-order valence-corrected chi connectivity index (χ0v) is 26.5. The van der Waals surface area contributed by atoms with E-state index in [4.69, 9.17) is 4.74 Å². The fourth-order valence-electron chi connectivity index (χ4n) is 6.14. The van der Waals surface area contributed by atoms with Crippen LogP contribution in [0.4, 0.5) is 17.6 Å². The Morgan fingerprint density at radius 1 is 0.978 bits per heavy atom. The molecule has 7 nitrogen and oxygen atoms in total. The summed E-state index contributed by atoms with van der Waals surface area (Å²) < 4.78 is 60.0. The number of esters is 1. The Morgan fingerprint density at radius 3 is 2.30 bits per heavy atom. The summed E-state index contributed by atoms with van der Waals surface area (Å²) >= 11 is 0. The number of likely N-dealkylation sites (tertiary alicyclic amines) is 1. The molecule has 2 aromatic carbocycles. The summed E-state index contributed by atoms with van der Waals surface area (Å²) in [5, 5.41) is 4.19. The average molecular weight is 644 g/mol. The molecule has 2 aliphatic rings. The van der Waals surface area contributed by atoms with E-state index in [9.17, 15) is 31.9 Å². The number of halogens is 4. The molecule has 46 heavy (non-hydrogen) atoms. The van der Waals surface area contributed by atoms with Gasteiger partial charge in [-0.15, -0.1) is 0 Å². The minimum atomic E-state index is -4.60. The number of fused-ring (bicyclic) bond motifs is 1. The molecule has 0 radical (unpaired) electrons. The molecular formula is C35H41F4N3O4. The Kier molecular flexibility index (Phi) is 9.63. The van der Waals surface area contributed by atoms with Gasteiger partial charge in [-0.1, -0.05) is 31.0 Å². The summed E-state index contributed by atoms with van der Waals surface area (Å²) in [5.41, 5.74) is -1.38.